The lowest BCUT2D eigenvalue weighted by atomic mass is 10.1. The molecule has 0 aliphatic rings. The van der Waals surface area contributed by atoms with Gasteiger partial charge in [-0.05, 0) is 32.0 Å². The second-order valence-corrected chi connectivity index (χ2v) is 6.48. The van der Waals surface area contributed by atoms with Crippen LogP contribution in [0.15, 0.2) is 18.2 Å². The molecular weight excluding hydrogens is 338 g/mol. The molecule has 0 aliphatic carbocycles. The van der Waals surface area contributed by atoms with Gasteiger partial charge in [-0.15, -0.1) is 11.3 Å². The van der Waals surface area contributed by atoms with Crippen molar-refractivity contribution in [1.29, 1.82) is 5.26 Å². The predicted molar refractivity (Wildman–Crippen MR) is 95.5 cm³/mol. The number of esters is 1. The molecule has 1 aromatic carbocycles. The molecule has 0 spiro atoms. The highest BCUT2D eigenvalue weighted by Gasteiger charge is 2.18. The summed E-state index contributed by atoms with van der Waals surface area (Å²) in [5, 5.41) is 11.1. The van der Waals surface area contributed by atoms with Crippen LogP contribution >= 0.6 is 11.3 Å². The molecule has 2 heterocycles. The third-order valence-electron chi connectivity index (χ3n) is 3.71. The summed E-state index contributed by atoms with van der Waals surface area (Å²) in [6, 6.07) is 7.91. The number of ether oxygens (including phenoxy) is 2. The van der Waals surface area contributed by atoms with Crippen LogP contribution in [0, 0.1) is 18.3 Å². The Hall–Kier alpha value is -2.69. The Morgan fingerprint density at radius 3 is 2.88 bits per heavy atom. The number of hydrogen-bond acceptors (Lipinski definition) is 6. The average molecular weight is 355 g/mol. The number of aromatic amines is 1. The summed E-state index contributed by atoms with van der Waals surface area (Å²) >= 11 is 1.28. The van der Waals surface area contributed by atoms with Crippen LogP contribution in [0.4, 0.5) is 0 Å². The Morgan fingerprint density at radius 2 is 2.20 bits per heavy atom. The van der Waals surface area contributed by atoms with Crippen molar-refractivity contribution >= 4 is 28.2 Å². The van der Waals surface area contributed by atoms with Gasteiger partial charge in [0, 0.05) is 23.8 Å². The molecule has 2 aromatic heterocycles. The smallest absolute Gasteiger partial charge is 0.350 e. The number of methoxy groups -OCH3 is 1. The molecule has 1 N–H and O–H groups in total. The number of nitrogens with one attached hydrogen (secondary N) is 1. The molecule has 0 saturated carbocycles. The van der Waals surface area contributed by atoms with Gasteiger partial charge in [-0.25, -0.2) is 9.78 Å². The fraction of sp³-hybridized carbons (Fsp3) is 0.278. The Labute approximate surface area is 149 Å². The van der Waals surface area contributed by atoms with Crippen LogP contribution in [0.25, 0.3) is 21.5 Å². The van der Waals surface area contributed by atoms with Crippen LogP contribution in [-0.2, 0) is 16.1 Å². The zero-order valence-corrected chi connectivity index (χ0v) is 15.0. The number of thiazole rings is 1. The number of nitriles is 1. The number of carbonyl (C=O) groups is 1. The fourth-order valence-electron chi connectivity index (χ4n) is 2.65. The third kappa shape index (κ3) is 3.27. The number of aryl methyl sites for hydroxylation is 1. The van der Waals surface area contributed by atoms with Crippen molar-refractivity contribution in [3.8, 4) is 16.6 Å². The zero-order valence-electron chi connectivity index (χ0n) is 14.2. The second kappa shape index (κ2) is 7.05. The van der Waals surface area contributed by atoms with Crippen molar-refractivity contribution in [2.45, 2.75) is 20.5 Å². The predicted octanol–water partition coefficient (Wildman–Crippen LogP) is 3.79. The lowest BCUT2D eigenvalue weighted by Crippen LogP contribution is -2.03. The minimum atomic E-state index is -0.366. The first-order valence-electron chi connectivity index (χ1n) is 7.77. The normalized spacial score (nSPS) is 10.8. The summed E-state index contributed by atoms with van der Waals surface area (Å²) in [6.45, 7) is 4.31. The van der Waals surface area contributed by atoms with Gasteiger partial charge in [-0.2, -0.15) is 5.26 Å². The summed E-state index contributed by atoms with van der Waals surface area (Å²) in [5.41, 5.74) is 3.63. The van der Waals surface area contributed by atoms with E-state index in [2.05, 4.69) is 16.0 Å². The maximum atomic E-state index is 12.0. The molecule has 0 fully saturated rings. The summed E-state index contributed by atoms with van der Waals surface area (Å²) in [4.78, 5) is 20.2. The van der Waals surface area contributed by atoms with Gasteiger partial charge in [0.05, 0.1) is 30.0 Å². The van der Waals surface area contributed by atoms with Crippen molar-refractivity contribution in [3.05, 3.63) is 40.0 Å². The number of benzene rings is 1. The zero-order chi connectivity index (χ0) is 18.0. The minimum Gasteiger partial charge on any atom is -0.462 e. The molecule has 0 unspecified atom stereocenters. The molecular formula is C18H17N3O3S. The maximum absolute atomic E-state index is 12.0. The highest BCUT2D eigenvalue weighted by molar-refractivity contribution is 7.17. The van der Waals surface area contributed by atoms with Crippen molar-refractivity contribution in [1.82, 2.24) is 9.97 Å². The fourth-order valence-corrected chi connectivity index (χ4v) is 3.60. The Morgan fingerprint density at radius 1 is 1.40 bits per heavy atom. The Kier molecular flexibility index (Phi) is 4.83. The molecule has 0 amide bonds. The van der Waals surface area contributed by atoms with Gasteiger partial charge in [-0.3, -0.25) is 0 Å². The van der Waals surface area contributed by atoms with Crippen LogP contribution < -0.4 is 0 Å². The number of nitrogens with zero attached hydrogens (tertiary/aromatic N) is 2. The van der Waals surface area contributed by atoms with E-state index in [0.29, 0.717) is 34.4 Å². The van der Waals surface area contributed by atoms with E-state index in [1.54, 1.807) is 27.0 Å². The van der Waals surface area contributed by atoms with Crippen LogP contribution in [0.2, 0.25) is 0 Å². The van der Waals surface area contributed by atoms with E-state index >= 15 is 0 Å². The third-order valence-corrected chi connectivity index (χ3v) is 4.90. The highest BCUT2D eigenvalue weighted by Crippen LogP contribution is 2.32. The first-order chi connectivity index (χ1) is 12.1. The van der Waals surface area contributed by atoms with E-state index in [1.807, 2.05) is 12.1 Å². The molecule has 0 saturated heterocycles. The average Bonchev–Trinajstić information content (AvgIpc) is 3.17. The van der Waals surface area contributed by atoms with E-state index in [-0.39, 0.29) is 5.97 Å². The van der Waals surface area contributed by atoms with Crippen molar-refractivity contribution in [2.75, 3.05) is 13.7 Å². The number of aromatic nitrogens is 2. The van der Waals surface area contributed by atoms with E-state index in [1.165, 1.54) is 11.3 Å². The molecule has 3 aromatic rings. The molecule has 6 nitrogen and oxygen atoms in total. The van der Waals surface area contributed by atoms with Crippen LogP contribution in [0.3, 0.4) is 0 Å². The molecule has 25 heavy (non-hydrogen) atoms. The molecule has 0 aliphatic heterocycles. The Bertz CT molecular complexity index is 982. The lowest BCUT2D eigenvalue weighted by Gasteiger charge is -2.00. The van der Waals surface area contributed by atoms with E-state index in [4.69, 9.17) is 9.47 Å². The summed E-state index contributed by atoms with van der Waals surface area (Å²) < 4.78 is 10.2. The van der Waals surface area contributed by atoms with Crippen molar-refractivity contribution < 1.29 is 14.3 Å². The molecule has 0 radical (unpaired) electrons. The maximum Gasteiger partial charge on any atom is 0.350 e. The molecule has 3 rings (SSSR count). The summed E-state index contributed by atoms with van der Waals surface area (Å²) in [7, 11) is 1.62. The van der Waals surface area contributed by atoms with Gasteiger partial charge < -0.3 is 14.5 Å². The molecule has 7 heteroatoms. The number of carbonyl (C=O) groups excluding carboxylic acids is 1. The van der Waals surface area contributed by atoms with Gasteiger partial charge >= 0.3 is 5.97 Å². The number of rotatable bonds is 5. The quantitative estimate of drug-likeness (QED) is 0.703. The second-order valence-electron chi connectivity index (χ2n) is 5.48. The first kappa shape index (κ1) is 17.1. The van der Waals surface area contributed by atoms with E-state index < -0.39 is 0 Å². The van der Waals surface area contributed by atoms with Crippen molar-refractivity contribution in [2.24, 2.45) is 0 Å². The monoisotopic (exact) mass is 355 g/mol. The van der Waals surface area contributed by atoms with Crippen molar-refractivity contribution in [3.63, 3.8) is 0 Å². The number of H-pyrrole nitrogens is 1. The van der Waals surface area contributed by atoms with Crippen LogP contribution in [0.1, 0.15) is 33.5 Å². The van der Waals surface area contributed by atoms with Gasteiger partial charge in [0.15, 0.2) is 0 Å². The largest absolute Gasteiger partial charge is 0.462 e. The van der Waals surface area contributed by atoms with Gasteiger partial charge in [0.25, 0.3) is 0 Å². The number of hydrogen-bond donors (Lipinski definition) is 1. The minimum absolute atomic E-state index is 0.321. The van der Waals surface area contributed by atoms with Gasteiger partial charge in [-0.1, -0.05) is 0 Å². The Balaban J connectivity index is 2.08. The number of fused-ring (bicyclic) bond motifs is 1. The van der Waals surface area contributed by atoms with Gasteiger partial charge in [0.2, 0.25) is 0 Å². The van der Waals surface area contributed by atoms with Crippen LogP contribution in [-0.4, -0.2) is 29.7 Å². The first-order valence-corrected chi connectivity index (χ1v) is 8.58. The SMILES string of the molecule is CCOC(=O)c1sc(-c2cc(C#N)c3[nH]c(COC)cc3c2)nc1C. The van der Waals surface area contributed by atoms with Crippen LogP contribution in [0.5, 0.6) is 0 Å². The highest BCUT2D eigenvalue weighted by atomic mass is 32.1. The standard InChI is InChI=1S/C18H17N3O3S/c1-4-24-18(22)16-10(2)20-17(25-16)12-5-11-7-14(9-23-3)21-15(11)13(6-12)8-19/h5-7,21H,4,9H2,1-3H3. The van der Waals surface area contributed by atoms with Gasteiger partial charge in [0.1, 0.15) is 16.0 Å². The summed E-state index contributed by atoms with van der Waals surface area (Å²) in [5.74, 6) is -0.366. The molecule has 128 valence electrons. The summed E-state index contributed by atoms with van der Waals surface area (Å²) in [6.07, 6.45) is 0. The molecule has 0 atom stereocenters. The van der Waals surface area contributed by atoms with E-state index in [0.717, 1.165) is 22.2 Å². The topological polar surface area (TPSA) is 88.0 Å². The molecule has 0 bridgehead atoms. The lowest BCUT2D eigenvalue weighted by molar-refractivity contribution is 0.0531. The van der Waals surface area contributed by atoms with E-state index in [9.17, 15) is 10.1 Å².